The molecule has 4 unspecified atom stereocenters. The van der Waals surface area contributed by atoms with Gasteiger partial charge >= 0.3 is 0 Å². The van der Waals surface area contributed by atoms with Gasteiger partial charge in [0.15, 0.2) is 0 Å². The third-order valence-electron chi connectivity index (χ3n) is 7.54. The van der Waals surface area contributed by atoms with Crippen LogP contribution in [0.2, 0.25) is 0 Å². The molecule has 3 aliphatic rings. The van der Waals surface area contributed by atoms with E-state index >= 15 is 0 Å². The van der Waals surface area contributed by atoms with Crippen LogP contribution < -0.4 is 16.4 Å². The fourth-order valence-electron chi connectivity index (χ4n) is 5.80. The van der Waals surface area contributed by atoms with Gasteiger partial charge in [-0.25, -0.2) is 0 Å². The van der Waals surface area contributed by atoms with E-state index in [-0.39, 0.29) is 28.8 Å². The molecule has 0 bridgehead atoms. The third-order valence-corrected chi connectivity index (χ3v) is 7.54. The Hall–Kier alpha value is -1.83. The third kappa shape index (κ3) is 5.25. The smallest absolute Gasteiger partial charge is 0.237 e. The van der Waals surface area contributed by atoms with E-state index in [1.165, 1.54) is 25.7 Å². The number of nitrogens with two attached hydrogens (primary N) is 1. The maximum atomic E-state index is 12.7. The van der Waals surface area contributed by atoms with Gasteiger partial charge in [0.05, 0.1) is 6.04 Å². The van der Waals surface area contributed by atoms with Crippen LogP contribution in [-0.2, 0) is 4.79 Å². The number of hydrogen-bond donors (Lipinski definition) is 3. The zero-order chi connectivity index (χ0) is 21.7. The fourth-order valence-corrected chi connectivity index (χ4v) is 5.80. The number of carbonyl (C=O) groups is 1. The molecule has 8 heteroatoms. The Kier molecular flexibility index (Phi) is 7.97. The second-order valence-electron chi connectivity index (χ2n) is 9.37. The molecule has 4 atom stereocenters. The summed E-state index contributed by atoms with van der Waals surface area (Å²) in [6.45, 7) is 5.56. The molecule has 1 aliphatic heterocycles. The Morgan fingerprint density at radius 2 is 1.97 bits per heavy atom. The summed E-state index contributed by atoms with van der Waals surface area (Å²) < 4.78 is 0. The van der Waals surface area contributed by atoms with Crippen LogP contribution in [0.1, 0.15) is 71.6 Å². The van der Waals surface area contributed by atoms with Crippen molar-refractivity contribution in [3.63, 3.8) is 0 Å². The SMILES string of the molecule is CCN(/C(=C\N)C1CCC([N+](=O)[O-])CC1)C(C)CNC(=O)C1CC2CCCCC2N1. The second-order valence-corrected chi connectivity index (χ2v) is 9.37. The van der Waals surface area contributed by atoms with Crippen molar-refractivity contribution >= 4 is 5.91 Å². The van der Waals surface area contributed by atoms with E-state index in [2.05, 4.69) is 29.4 Å². The van der Waals surface area contributed by atoms with E-state index < -0.39 is 6.04 Å². The van der Waals surface area contributed by atoms with Gasteiger partial charge in [0.1, 0.15) is 0 Å². The van der Waals surface area contributed by atoms with Crippen molar-refractivity contribution in [2.24, 2.45) is 17.6 Å². The second kappa shape index (κ2) is 10.5. The minimum Gasteiger partial charge on any atom is -0.403 e. The van der Waals surface area contributed by atoms with Crippen molar-refractivity contribution in [2.45, 2.75) is 95.8 Å². The molecule has 170 valence electrons. The highest BCUT2D eigenvalue weighted by Crippen LogP contribution is 2.34. The first-order chi connectivity index (χ1) is 14.4. The monoisotopic (exact) mass is 421 g/mol. The Balaban J connectivity index is 1.50. The summed E-state index contributed by atoms with van der Waals surface area (Å²) in [5.74, 6) is 1.01. The first kappa shape index (κ1) is 22.8. The van der Waals surface area contributed by atoms with E-state index in [9.17, 15) is 14.9 Å². The molecule has 0 radical (unpaired) electrons. The molecular weight excluding hydrogens is 382 g/mol. The maximum absolute atomic E-state index is 12.7. The summed E-state index contributed by atoms with van der Waals surface area (Å²) in [5.41, 5.74) is 7.06. The van der Waals surface area contributed by atoms with E-state index in [0.717, 1.165) is 31.5 Å². The quantitative estimate of drug-likeness (QED) is 0.410. The minimum absolute atomic E-state index is 0.0673. The van der Waals surface area contributed by atoms with Crippen molar-refractivity contribution in [2.75, 3.05) is 13.1 Å². The Bertz CT molecular complexity index is 618. The summed E-state index contributed by atoms with van der Waals surface area (Å²) in [5, 5.41) is 17.7. The van der Waals surface area contributed by atoms with Crippen LogP contribution in [0.3, 0.4) is 0 Å². The van der Waals surface area contributed by atoms with Crippen LogP contribution in [0.4, 0.5) is 0 Å². The number of likely N-dealkylation sites (N-methyl/N-ethyl adjacent to an activating group) is 1. The van der Waals surface area contributed by atoms with Crippen molar-refractivity contribution in [3.05, 3.63) is 22.0 Å². The minimum atomic E-state index is -0.422. The highest BCUT2D eigenvalue weighted by atomic mass is 16.6. The number of fused-ring (bicyclic) bond motifs is 1. The van der Waals surface area contributed by atoms with Gasteiger partial charge in [-0.2, -0.15) is 0 Å². The molecule has 0 spiro atoms. The van der Waals surface area contributed by atoms with Gasteiger partial charge in [-0.05, 0) is 51.9 Å². The van der Waals surface area contributed by atoms with Gasteiger partial charge < -0.3 is 21.3 Å². The lowest BCUT2D eigenvalue weighted by atomic mass is 9.83. The van der Waals surface area contributed by atoms with E-state index in [1.807, 2.05) is 0 Å². The highest BCUT2D eigenvalue weighted by Gasteiger charge is 2.38. The van der Waals surface area contributed by atoms with Crippen LogP contribution in [0.15, 0.2) is 11.9 Å². The first-order valence-electron chi connectivity index (χ1n) is 11.8. The zero-order valence-corrected chi connectivity index (χ0v) is 18.5. The number of allylic oxidation sites excluding steroid dienone is 1. The number of nitrogens with zero attached hydrogens (tertiary/aromatic N) is 2. The molecule has 0 aromatic carbocycles. The molecule has 1 saturated heterocycles. The van der Waals surface area contributed by atoms with Gasteiger partial charge in [-0.3, -0.25) is 14.9 Å². The number of hydrogen-bond acceptors (Lipinski definition) is 6. The summed E-state index contributed by atoms with van der Waals surface area (Å²) in [6, 6.07) is 0.141. The Labute approximate surface area is 180 Å². The van der Waals surface area contributed by atoms with E-state index in [1.54, 1.807) is 6.20 Å². The topological polar surface area (TPSA) is 114 Å². The van der Waals surface area contributed by atoms with Crippen molar-refractivity contribution in [3.8, 4) is 0 Å². The lowest BCUT2D eigenvalue weighted by molar-refractivity contribution is -0.526. The van der Waals surface area contributed by atoms with Crippen molar-refractivity contribution < 1.29 is 9.72 Å². The zero-order valence-electron chi connectivity index (χ0n) is 18.5. The molecule has 30 heavy (non-hydrogen) atoms. The Morgan fingerprint density at radius 1 is 1.27 bits per heavy atom. The van der Waals surface area contributed by atoms with E-state index in [0.29, 0.717) is 31.3 Å². The molecule has 1 amide bonds. The fraction of sp³-hybridized carbons (Fsp3) is 0.864. The average molecular weight is 422 g/mol. The van der Waals surface area contributed by atoms with Gasteiger partial charge in [0.25, 0.3) is 0 Å². The summed E-state index contributed by atoms with van der Waals surface area (Å²) in [6.07, 6.45) is 10.4. The van der Waals surface area contributed by atoms with Crippen molar-refractivity contribution in [1.82, 2.24) is 15.5 Å². The Morgan fingerprint density at radius 3 is 2.57 bits per heavy atom. The van der Waals surface area contributed by atoms with Crippen LogP contribution in [-0.4, -0.2) is 53.0 Å². The summed E-state index contributed by atoms with van der Waals surface area (Å²) >= 11 is 0. The summed E-state index contributed by atoms with van der Waals surface area (Å²) in [4.78, 5) is 25.9. The number of nitrogens with one attached hydrogen (secondary N) is 2. The normalized spacial score (nSPS) is 32.9. The van der Waals surface area contributed by atoms with Gasteiger partial charge in [0.2, 0.25) is 11.9 Å². The van der Waals surface area contributed by atoms with Crippen molar-refractivity contribution in [1.29, 1.82) is 0 Å². The number of rotatable bonds is 8. The first-order valence-corrected chi connectivity index (χ1v) is 11.8. The average Bonchev–Trinajstić information content (AvgIpc) is 3.20. The number of carbonyl (C=O) groups excluding carboxylic acids is 1. The van der Waals surface area contributed by atoms with Crippen LogP contribution >= 0.6 is 0 Å². The molecule has 8 nitrogen and oxygen atoms in total. The largest absolute Gasteiger partial charge is 0.403 e. The van der Waals surface area contributed by atoms with Crippen LogP contribution in [0, 0.1) is 22.0 Å². The summed E-state index contributed by atoms with van der Waals surface area (Å²) in [7, 11) is 0. The molecular formula is C22H39N5O3. The highest BCUT2D eigenvalue weighted by molar-refractivity contribution is 5.82. The predicted octanol–water partition coefficient (Wildman–Crippen LogP) is 2.37. The standard InChI is InChI=1S/C22H39N5O3/c1-3-26(21(13-23)16-8-10-18(11-9-16)27(29)30)15(2)14-24-22(28)20-12-17-6-4-5-7-19(17)25-20/h13,15-20,25H,3-12,14,23H2,1-2H3,(H,24,28)/b21-13-. The number of nitro groups is 1. The predicted molar refractivity (Wildman–Crippen MR) is 117 cm³/mol. The molecule has 3 rings (SSSR count). The maximum Gasteiger partial charge on any atom is 0.237 e. The molecule has 0 aromatic rings. The molecule has 4 N–H and O–H groups in total. The lowest BCUT2D eigenvalue weighted by Crippen LogP contribution is -2.48. The molecule has 3 fully saturated rings. The van der Waals surface area contributed by atoms with Gasteiger partial charge in [-0.15, -0.1) is 0 Å². The van der Waals surface area contributed by atoms with Crippen LogP contribution in [0.5, 0.6) is 0 Å². The van der Waals surface area contributed by atoms with Crippen LogP contribution in [0.25, 0.3) is 0 Å². The lowest BCUT2D eigenvalue weighted by Gasteiger charge is -2.38. The van der Waals surface area contributed by atoms with E-state index in [4.69, 9.17) is 5.73 Å². The van der Waals surface area contributed by atoms with Gasteiger partial charge in [0, 0.05) is 60.8 Å². The molecule has 1 heterocycles. The molecule has 0 aromatic heterocycles. The van der Waals surface area contributed by atoms with Gasteiger partial charge in [-0.1, -0.05) is 12.8 Å². The molecule has 2 saturated carbocycles. The molecule has 2 aliphatic carbocycles. The number of amides is 1.